The van der Waals surface area contributed by atoms with Crippen molar-refractivity contribution < 1.29 is 22.7 Å². The molecule has 7 heteroatoms. The lowest BCUT2D eigenvalue weighted by Gasteiger charge is -2.18. The Labute approximate surface area is 147 Å². The van der Waals surface area contributed by atoms with Gasteiger partial charge in [-0.25, -0.2) is 8.42 Å². The lowest BCUT2D eigenvalue weighted by molar-refractivity contribution is 0.0785. The highest BCUT2D eigenvalue weighted by molar-refractivity contribution is 7.90. The smallest absolute Gasteiger partial charge is 0.253 e. The van der Waals surface area contributed by atoms with Gasteiger partial charge in [-0.2, -0.15) is 0 Å². The Balaban J connectivity index is 2.15. The molecule has 0 radical (unpaired) electrons. The van der Waals surface area contributed by atoms with Crippen molar-refractivity contribution in [1.29, 1.82) is 0 Å². The molecule has 0 N–H and O–H groups in total. The van der Waals surface area contributed by atoms with E-state index in [2.05, 4.69) is 0 Å². The lowest BCUT2D eigenvalue weighted by Crippen LogP contribution is -2.26. The summed E-state index contributed by atoms with van der Waals surface area (Å²) in [6.07, 6.45) is 1.13. The normalized spacial score (nSPS) is 11.0. The Morgan fingerprint density at radius 2 is 1.60 bits per heavy atom. The summed E-state index contributed by atoms with van der Waals surface area (Å²) in [6, 6.07) is 11.4. The minimum atomic E-state index is -3.28. The zero-order valence-electron chi connectivity index (χ0n) is 14.6. The number of carbonyl (C=O) groups is 1. The van der Waals surface area contributed by atoms with Crippen LogP contribution in [0.15, 0.2) is 47.4 Å². The van der Waals surface area contributed by atoms with E-state index >= 15 is 0 Å². The van der Waals surface area contributed by atoms with Crippen LogP contribution in [0.1, 0.15) is 15.9 Å². The first-order valence-electron chi connectivity index (χ1n) is 7.52. The van der Waals surface area contributed by atoms with Crippen molar-refractivity contribution in [1.82, 2.24) is 4.90 Å². The van der Waals surface area contributed by atoms with Crippen molar-refractivity contribution in [2.75, 3.05) is 27.5 Å². The van der Waals surface area contributed by atoms with E-state index in [1.807, 2.05) is 12.1 Å². The summed E-state index contributed by atoms with van der Waals surface area (Å²) in [7, 11) is 1.52. The second-order valence-corrected chi connectivity index (χ2v) is 7.66. The highest BCUT2D eigenvalue weighted by Gasteiger charge is 2.15. The molecule has 0 atom stereocenters. The number of benzene rings is 2. The molecule has 0 aliphatic heterocycles. The number of hydrogen-bond acceptors (Lipinski definition) is 5. The summed E-state index contributed by atoms with van der Waals surface area (Å²) in [4.78, 5) is 14.2. The van der Waals surface area contributed by atoms with Crippen molar-refractivity contribution in [3.63, 3.8) is 0 Å². The Morgan fingerprint density at radius 3 is 2.12 bits per heavy atom. The third kappa shape index (κ3) is 4.51. The van der Waals surface area contributed by atoms with Crippen LogP contribution >= 0.6 is 0 Å². The maximum absolute atomic E-state index is 12.5. The largest absolute Gasteiger partial charge is 0.493 e. The lowest BCUT2D eigenvalue weighted by atomic mass is 10.1. The zero-order chi connectivity index (χ0) is 18.6. The van der Waals surface area contributed by atoms with Crippen LogP contribution < -0.4 is 9.47 Å². The van der Waals surface area contributed by atoms with Gasteiger partial charge in [0.1, 0.15) is 0 Å². The molecule has 0 saturated carbocycles. The number of sulfone groups is 1. The average molecular weight is 363 g/mol. The predicted octanol–water partition coefficient (Wildman–Crippen LogP) is 2.38. The van der Waals surface area contributed by atoms with Gasteiger partial charge in [0.15, 0.2) is 21.3 Å². The number of hydrogen-bond donors (Lipinski definition) is 0. The SMILES string of the molecule is COc1ccc(CN(C)C(=O)c2ccc(S(C)(=O)=O)cc2)cc1OC. The molecule has 0 aliphatic rings. The van der Waals surface area contributed by atoms with E-state index in [-0.39, 0.29) is 10.8 Å². The predicted molar refractivity (Wildman–Crippen MR) is 94.9 cm³/mol. The van der Waals surface area contributed by atoms with Crippen LogP contribution in [-0.2, 0) is 16.4 Å². The van der Waals surface area contributed by atoms with Gasteiger partial charge in [0.05, 0.1) is 19.1 Å². The monoisotopic (exact) mass is 363 g/mol. The maximum atomic E-state index is 12.5. The molecule has 2 rings (SSSR count). The van der Waals surface area contributed by atoms with Crippen LogP contribution in [0.5, 0.6) is 11.5 Å². The number of rotatable bonds is 6. The van der Waals surface area contributed by atoms with Gasteiger partial charge in [-0.1, -0.05) is 6.07 Å². The molecule has 2 aromatic rings. The molecule has 0 aromatic heterocycles. The van der Waals surface area contributed by atoms with Crippen molar-refractivity contribution in [3.05, 3.63) is 53.6 Å². The van der Waals surface area contributed by atoms with E-state index in [1.165, 1.54) is 24.3 Å². The van der Waals surface area contributed by atoms with Crippen molar-refractivity contribution in [2.45, 2.75) is 11.4 Å². The molecule has 0 fully saturated rings. The van der Waals surface area contributed by atoms with Gasteiger partial charge in [0.25, 0.3) is 5.91 Å². The third-order valence-corrected chi connectivity index (χ3v) is 4.87. The molecule has 0 spiro atoms. The Morgan fingerprint density at radius 1 is 1.00 bits per heavy atom. The highest BCUT2D eigenvalue weighted by atomic mass is 32.2. The summed E-state index contributed by atoms with van der Waals surface area (Å²) in [6.45, 7) is 0.382. The summed E-state index contributed by atoms with van der Waals surface area (Å²) in [5.74, 6) is 1.02. The van der Waals surface area contributed by atoms with Crippen LogP contribution in [0, 0.1) is 0 Å². The second kappa shape index (κ2) is 7.57. The van der Waals surface area contributed by atoms with Crippen molar-refractivity contribution in [3.8, 4) is 11.5 Å². The van der Waals surface area contributed by atoms with E-state index in [9.17, 15) is 13.2 Å². The Hall–Kier alpha value is -2.54. The number of nitrogens with zero attached hydrogens (tertiary/aromatic N) is 1. The van der Waals surface area contributed by atoms with Crippen LogP contribution in [0.4, 0.5) is 0 Å². The fourth-order valence-corrected chi connectivity index (χ4v) is 3.02. The molecule has 0 unspecified atom stereocenters. The van der Waals surface area contributed by atoms with Crippen LogP contribution in [0.2, 0.25) is 0 Å². The minimum absolute atomic E-state index is 0.187. The van der Waals surface area contributed by atoms with Gasteiger partial charge in [-0.15, -0.1) is 0 Å². The molecule has 2 aromatic carbocycles. The molecule has 0 bridgehead atoms. The summed E-state index contributed by atoms with van der Waals surface area (Å²) >= 11 is 0. The topological polar surface area (TPSA) is 72.9 Å². The average Bonchev–Trinajstić information content (AvgIpc) is 2.60. The minimum Gasteiger partial charge on any atom is -0.493 e. The van der Waals surface area contributed by atoms with E-state index in [4.69, 9.17) is 9.47 Å². The first-order valence-corrected chi connectivity index (χ1v) is 9.42. The van der Waals surface area contributed by atoms with E-state index in [0.29, 0.717) is 23.6 Å². The second-order valence-electron chi connectivity index (χ2n) is 5.65. The van der Waals surface area contributed by atoms with Crippen LogP contribution in [0.3, 0.4) is 0 Å². The van der Waals surface area contributed by atoms with E-state index in [1.54, 1.807) is 32.2 Å². The molecule has 0 saturated heterocycles. The number of methoxy groups -OCH3 is 2. The molecule has 0 heterocycles. The van der Waals surface area contributed by atoms with E-state index in [0.717, 1.165) is 11.8 Å². The molecule has 6 nitrogen and oxygen atoms in total. The van der Waals surface area contributed by atoms with Gasteiger partial charge in [0, 0.05) is 25.4 Å². The summed E-state index contributed by atoms with van der Waals surface area (Å²) in [5.41, 5.74) is 1.32. The standard InChI is InChI=1S/C18H21NO5S/c1-19(12-13-5-10-16(23-2)17(11-13)24-3)18(20)14-6-8-15(9-7-14)25(4,21)22/h5-11H,12H2,1-4H3. The first-order chi connectivity index (χ1) is 11.8. The molecule has 25 heavy (non-hydrogen) atoms. The first kappa shape index (κ1) is 18.8. The van der Waals surface area contributed by atoms with Crippen molar-refractivity contribution >= 4 is 15.7 Å². The number of ether oxygens (including phenoxy) is 2. The Bertz CT molecular complexity index is 860. The summed E-state index contributed by atoms with van der Waals surface area (Å²) < 4.78 is 33.4. The molecule has 1 amide bonds. The van der Waals surface area contributed by atoms with Crippen LogP contribution in [-0.4, -0.2) is 46.7 Å². The van der Waals surface area contributed by atoms with Gasteiger partial charge in [0.2, 0.25) is 0 Å². The van der Waals surface area contributed by atoms with Crippen LogP contribution in [0.25, 0.3) is 0 Å². The third-order valence-electron chi connectivity index (χ3n) is 3.74. The molecule has 0 aliphatic carbocycles. The quantitative estimate of drug-likeness (QED) is 0.788. The zero-order valence-corrected chi connectivity index (χ0v) is 15.5. The fraction of sp³-hybridized carbons (Fsp3) is 0.278. The van der Waals surface area contributed by atoms with E-state index < -0.39 is 9.84 Å². The highest BCUT2D eigenvalue weighted by Crippen LogP contribution is 2.28. The maximum Gasteiger partial charge on any atom is 0.253 e. The van der Waals surface area contributed by atoms with Gasteiger partial charge >= 0.3 is 0 Å². The van der Waals surface area contributed by atoms with Gasteiger partial charge in [-0.05, 0) is 42.0 Å². The molecule has 134 valence electrons. The molecular formula is C18H21NO5S. The number of amides is 1. The fourth-order valence-electron chi connectivity index (χ4n) is 2.39. The van der Waals surface area contributed by atoms with Gasteiger partial charge in [-0.3, -0.25) is 4.79 Å². The summed E-state index contributed by atoms with van der Waals surface area (Å²) in [5, 5.41) is 0. The number of carbonyl (C=O) groups excluding carboxylic acids is 1. The van der Waals surface area contributed by atoms with Crippen molar-refractivity contribution in [2.24, 2.45) is 0 Å². The van der Waals surface area contributed by atoms with Gasteiger partial charge < -0.3 is 14.4 Å². The Kier molecular flexibility index (Phi) is 5.69. The molecular weight excluding hydrogens is 342 g/mol.